The Bertz CT molecular complexity index is 344. The number of rotatable bonds is 3. The van der Waals surface area contributed by atoms with Gasteiger partial charge in [-0.2, -0.15) is 9.97 Å². The predicted molar refractivity (Wildman–Crippen MR) is 49.9 cm³/mol. The number of aliphatic hydroxyl groups excluding tert-OH is 1. The van der Waals surface area contributed by atoms with E-state index in [1.54, 1.807) is 0 Å². The van der Waals surface area contributed by atoms with E-state index >= 15 is 0 Å². The molecule has 0 fully saturated rings. The number of hydrogen-bond acceptors (Lipinski definition) is 5. The van der Waals surface area contributed by atoms with Gasteiger partial charge in [-0.3, -0.25) is 10.1 Å². The van der Waals surface area contributed by atoms with Gasteiger partial charge in [0.1, 0.15) is 5.82 Å². The number of halogens is 1. The van der Waals surface area contributed by atoms with E-state index in [0.29, 0.717) is 5.82 Å². The Morgan fingerprint density at radius 2 is 2.21 bits per heavy atom. The molecule has 1 amide bonds. The molecule has 1 aromatic rings. The van der Waals surface area contributed by atoms with Crippen molar-refractivity contribution in [1.82, 2.24) is 15.0 Å². The van der Waals surface area contributed by atoms with Crippen molar-refractivity contribution in [3.8, 4) is 0 Å². The molecule has 1 aromatic heterocycles. The van der Waals surface area contributed by atoms with E-state index in [4.69, 9.17) is 16.7 Å². The maximum Gasteiger partial charge on any atom is 0.233 e. The zero-order valence-electron chi connectivity index (χ0n) is 7.49. The fourth-order valence-electron chi connectivity index (χ4n) is 0.816. The van der Waals surface area contributed by atoms with Crippen LogP contribution in [0.4, 0.5) is 5.95 Å². The molecule has 14 heavy (non-hydrogen) atoms. The monoisotopic (exact) mass is 216 g/mol. The number of nitrogens with one attached hydrogen (secondary N) is 1. The lowest BCUT2D eigenvalue weighted by Gasteiger charge is -2.02. The highest BCUT2D eigenvalue weighted by Crippen LogP contribution is 2.06. The fourth-order valence-corrected chi connectivity index (χ4v) is 0.994. The third kappa shape index (κ3) is 3.23. The molecule has 1 heterocycles. The average Bonchev–Trinajstić information content (AvgIpc) is 2.01. The average molecular weight is 217 g/mol. The minimum atomic E-state index is -0.290. The molecule has 0 radical (unpaired) electrons. The van der Waals surface area contributed by atoms with Crippen LogP contribution in [-0.4, -0.2) is 32.6 Å². The van der Waals surface area contributed by atoms with Gasteiger partial charge in [0.2, 0.25) is 17.1 Å². The molecule has 0 aliphatic rings. The van der Waals surface area contributed by atoms with Crippen LogP contribution in [0.1, 0.15) is 12.7 Å². The van der Waals surface area contributed by atoms with E-state index in [1.165, 1.54) is 6.92 Å². The maximum absolute atomic E-state index is 10.7. The quantitative estimate of drug-likeness (QED) is 0.744. The molecule has 2 N–H and O–H groups in total. The molecule has 7 heteroatoms. The number of carbonyl (C=O) groups is 1. The zero-order chi connectivity index (χ0) is 10.6. The van der Waals surface area contributed by atoms with Crippen LogP contribution in [0.2, 0.25) is 5.28 Å². The van der Waals surface area contributed by atoms with E-state index in [1.807, 2.05) is 0 Å². The van der Waals surface area contributed by atoms with Gasteiger partial charge >= 0.3 is 0 Å². The van der Waals surface area contributed by atoms with Crippen molar-refractivity contribution in [3.05, 3.63) is 11.1 Å². The molecule has 0 saturated carbocycles. The smallest absolute Gasteiger partial charge is 0.233 e. The normalized spacial score (nSPS) is 9.93. The largest absolute Gasteiger partial charge is 0.396 e. The van der Waals surface area contributed by atoms with Crippen LogP contribution in [0.15, 0.2) is 0 Å². The van der Waals surface area contributed by atoms with Gasteiger partial charge in [0.05, 0.1) is 6.61 Å². The molecule has 6 nitrogen and oxygen atoms in total. The second kappa shape index (κ2) is 4.83. The molecule has 0 bridgehead atoms. The van der Waals surface area contributed by atoms with E-state index in [2.05, 4.69) is 20.3 Å². The summed E-state index contributed by atoms with van der Waals surface area (Å²) in [5.41, 5.74) is 0. The van der Waals surface area contributed by atoms with Gasteiger partial charge in [0, 0.05) is 13.3 Å². The number of aromatic nitrogens is 3. The number of carbonyl (C=O) groups excluding carboxylic acids is 1. The lowest BCUT2D eigenvalue weighted by atomic mass is 10.4. The molecule has 0 aliphatic carbocycles. The third-order valence-electron chi connectivity index (χ3n) is 1.28. The number of aliphatic hydroxyl groups is 1. The summed E-state index contributed by atoms with van der Waals surface area (Å²) in [6.07, 6.45) is 0.273. The number of nitrogens with zero attached hydrogens (tertiary/aromatic N) is 3. The lowest BCUT2D eigenvalue weighted by Crippen LogP contribution is -2.12. The van der Waals surface area contributed by atoms with Gasteiger partial charge in [-0.15, -0.1) is 0 Å². The summed E-state index contributed by atoms with van der Waals surface area (Å²) in [5.74, 6) is 0.152. The summed E-state index contributed by atoms with van der Waals surface area (Å²) >= 11 is 5.57. The standard InChI is InChI=1S/C7H9ClN4O2/c1-4(14)9-7-11-5(2-3-13)10-6(8)12-7/h13H,2-3H2,1H3,(H,9,10,11,12,14). The summed E-state index contributed by atoms with van der Waals surface area (Å²) in [6.45, 7) is 1.25. The number of amides is 1. The van der Waals surface area contributed by atoms with Crippen molar-refractivity contribution in [1.29, 1.82) is 0 Å². The van der Waals surface area contributed by atoms with E-state index < -0.39 is 0 Å². The van der Waals surface area contributed by atoms with Crippen molar-refractivity contribution in [3.63, 3.8) is 0 Å². The maximum atomic E-state index is 10.7. The minimum absolute atomic E-state index is 0.00722. The van der Waals surface area contributed by atoms with Crippen LogP contribution >= 0.6 is 11.6 Å². The second-order valence-electron chi connectivity index (χ2n) is 2.50. The van der Waals surface area contributed by atoms with E-state index in [-0.39, 0.29) is 30.2 Å². The molecular formula is C7H9ClN4O2. The molecule has 0 unspecified atom stereocenters. The summed E-state index contributed by atoms with van der Waals surface area (Å²) in [7, 11) is 0. The highest BCUT2D eigenvalue weighted by atomic mass is 35.5. The SMILES string of the molecule is CC(=O)Nc1nc(Cl)nc(CCO)n1. The Balaban J connectivity index is 2.88. The third-order valence-corrected chi connectivity index (χ3v) is 1.45. The van der Waals surface area contributed by atoms with Crippen LogP contribution in [0, 0.1) is 0 Å². The predicted octanol–water partition coefficient (Wildman–Crippen LogP) is 0.0182. The number of hydrogen-bond donors (Lipinski definition) is 2. The number of anilines is 1. The Labute approximate surface area is 85.4 Å². The van der Waals surface area contributed by atoms with Gasteiger partial charge in [-0.25, -0.2) is 4.98 Å². The van der Waals surface area contributed by atoms with Crippen molar-refractivity contribution >= 4 is 23.5 Å². The first-order valence-electron chi connectivity index (χ1n) is 3.90. The fraction of sp³-hybridized carbons (Fsp3) is 0.429. The summed E-state index contributed by atoms with van der Waals surface area (Å²) in [6, 6.07) is 0. The van der Waals surface area contributed by atoms with Gasteiger partial charge in [0.15, 0.2) is 0 Å². The van der Waals surface area contributed by atoms with Crippen LogP contribution in [-0.2, 0) is 11.2 Å². The second-order valence-corrected chi connectivity index (χ2v) is 2.84. The van der Waals surface area contributed by atoms with E-state index in [0.717, 1.165) is 0 Å². The van der Waals surface area contributed by atoms with Crippen LogP contribution in [0.3, 0.4) is 0 Å². The summed E-state index contributed by atoms with van der Waals surface area (Å²) < 4.78 is 0. The van der Waals surface area contributed by atoms with Gasteiger partial charge < -0.3 is 5.11 Å². The van der Waals surface area contributed by atoms with Gasteiger partial charge in [-0.05, 0) is 11.6 Å². The Kier molecular flexibility index (Phi) is 3.73. The van der Waals surface area contributed by atoms with Gasteiger partial charge in [-0.1, -0.05) is 0 Å². The van der Waals surface area contributed by atoms with Crippen molar-refractivity contribution in [2.75, 3.05) is 11.9 Å². The van der Waals surface area contributed by atoms with Crippen LogP contribution in [0.5, 0.6) is 0 Å². The topological polar surface area (TPSA) is 88.0 Å². The van der Waals surface area contributed by atoms with Crippen molar-refractivity contribution in [2.24, 2.45) is 0 Å². The molecule has 0 aliphatic heterocycles. The first-order valence-corrected chi connectivity index (χ1v) is 4.28. The Hall–Kier alpha value is -1.27. The molecule has 0 spiro atoms. The highest BCUT2D eigenvalue weighted by molar-refractivity contribution is 6.28. The summed E-state index contributed by atoms with van der Waals surface area (Å²) in [5, 5.41) is 11.0. The van der Waals surface area contributed by atoms with E-state index in [9.17, 15) is 4.79 Å². The zero-order valence-corrected chi connectivity index (χ0v) is 8.25. The molecular weight excluding hydrogens is 208 g/mol. The highest BCUT2D eigenvalue weighted by Gasteiger charge is 2.05. The minimum Gasteiger partial charge on any atom is -0.396 e. The molecule has 0 atom stereocenters. The lowest BCUT2D eigenvalue weighted by molar-refractivity contribution is -0.114. The van der Waals surface area contributed by atoms with Crippen molar-refractivity contribution < 1.29 is 9.90 Å². The molecule has 1 rings (SSSR count). The molecule has 76 valence electrons. The van der Waals surface area contributed by atoms with Crippen LogP contribution < -0.4 is 5.32 Å². The van der Waals surface area contributed by atoms with Crippen molar-refractivity contribution in [2.45, 2.75) is 13.3 Å². The Morgan fingerprint density at radius 1 is 1.50 bits per heavy atom. The van der Waals surface area contributed by atoms with Gasteiger partial charge in [0.25, 0.3) is 0 Å². The molecule has 0 aromatic carbocycles. The summed E-state index contributed by atoms with van der Waals surface area (Å²) in [4.78, 5) is 22.0. The first kappa shape index (κ1) is 10.8. The molecule has 0 saturated heterocycles. The van der Waals surface area contributed by atoms with Crippen LogP contribution in [0.25, 0.3) is 0 Å². The Morgan fingerprint density at radius 3 is 2.79 bits per heavy atom. The first-order chi connectivity index (χ1) is 6.61.